The lowest BCUT2D eigenvalue weighted by atomic mass is 10.0. The maximum atomic E-state index is 6.03. The minimum atomic E-state index is 0.486. The number of nitrogens with one attached hydrogen (secondary N) is 1. The highest BCUT2D eigenvalue weighted by Gasteiger charge is 2.12. The molecule has 0 aliphatic heterocycles. The van der Waals surface area contributed by atoms with Crippen molar-refractivity contribution in [2.45, 2.75) is 0 Å². The Kier molecular flexibility index (Phi) is 7.05. The monoisotopic (exact) mass is 593 g/mol. The molecule has 0 radical (unpaired) electrons. The first-order chi connectivity index (χ1) is 22.8. The predicted molar refractivity (Wildman–Crippen MR) is 182 cm³/mol. The molecule has 1 N–H and O–H groups in total. The molecule has 8 aromatic rings. The first-order valence-electron chi connectivity index (χ1n) is 15.1. The number of benzene rings is 6. The first kappa shape index (κ1) is 27.2. The van der Waals surface area contributed by atoms with E-state index in [1.807, 2.05) is 60.7 Å². The number of aromatic nitrogens is 5. The molecule has 0 aliphatic rings. The molecule has 2 aromatic heterocycles. The molecule has 8 rings (SSSR count). The summed E-state index contributed by atoms with van der Waals surface area (Å²) in [5, 5.41) is 17.4. The zero-order valence-corrected chi connectivity index (χ0v) is 24.7. The highest BCUT2D eigenvalue weighted by molar-refractivity contribution is 5.72. The third-order valence-corrected chi connectivity index (χ3v) is 8.04. The lowest BCUT2D eigenvalue weighted by Gasteiger charge is -2.04. The van der Waals surface area contributed by atoms with Gasteiger partial charge in [0.2, 0.25) is 11.8 Å². The van der Waals surface area contributed by atoms with Crippen LogP contribution < -0.4 is 0 Å². The Balaban J connectivity index is 0.943. The van der Waals surface area contributed by atoms with Crippen LogP contribution in [0.1, 0.15) is 0 Å². The van der Waals surface area contributed by atoms with Crippen LogP contribution in [0.25, 0.3) is 79.1 Å². The summed E-state index contributed by atoms with van der Waals surface area (Å²) in [5.41, 5.74) is 10.6. The molecule has 0 bridgehead atoms. The molecule has 2 heterocycles. The molecule has 0 amide bonds. The molecule has 6 aromatic carbocycles. The van der Waals surface area contributed by atoms with Crippen LogP contribution in [0, 0.1) is 0 Å². The molecule has 6 heteroatoms. The van der Waals surface area contributed by atoms with Crippen LogP contribution in [0.2, 0.25) is 0 Å². The van der Waals surface area contributed by atoms with E-state index in [1.54, 1.807) is 0 Å². The molecular weight excluding hydrogens is 566 g/mol. The topological polar surface area (TPSA) is 80.5 Å². The molecule has 0 unspecified atom stereocenters. The van der Waals surface area contributed by atoms with Crippen molar-refractivity contribution in [1.82, 2.24) is 25.4 Å². The zero-order chi connectivity index (χ0) is 30.7. The van der Waals surface area contributed by atoms with Crippen molar-refractivity contribution in [2.75, 3.05) is 0 Å². The number of hydrogen-bond acceptors (Lipinski definition) is 5. The largest absolute Gasteiger partial charge is 0.416 e. The molecule has 0 fully saturated rings. The number of aromatic amines is 1. The van der Waals surface area contributed by atoms with Crippen LogP contribution in [0.4, 0.5) is 0 Å². The number of nitrogens with zero attached hydrogens (tertiary/aromatic N) is 4. The van der Waals surface area contributed by atoms with E-state index in [-0.39, 0.29) is 0 Å². The van der Waals surface area contributed by atoms with Crippen molar-refractivity contribution in [3.05, 3.63) is 158 Å². The Morgan fingerprint density at radius 2 is 0.565 bits per heavy atom. The first-order valence-corrected chi connectivity index (χ1v) is 15.1. The van der Waals surface area contributed by atoms with Gasteiger partial charge in [-0.3, -0.25) is 0 Å². The van der Waals surface area contributed by atoms with Crippen molar-refractivity contribution in [3.63, 3.8) is 0 Å². The van der Waals surface area contributed by atoms with Crippen LogP contribution in [0.5, 0.6) is 0 Å². The summed E-state index contributed by atoms with van der Waals surface area (Å²) in [4.78, 5) is 3.37. The standard InChI is InChI=1S/C40H27N5O/c1-3-7-27(8-4-1)29-11-19-33(20-12-29)37-41-38(43-42-37)34-21-13-31(14-22-34)32-17-25-36(26-18-32)40-45-44-39(46-40)35-23-15-30(16-24-35)28-9-5-2-6-10-28/h1-26H,(H,41,42,43). The van der Waals surface area contributed by atoms with Gasteiger partial charge in [-0.05, 0) is 57.6 Å². The van der Waals surface area contributed by atoms with Gasteiger partial charge in [0.1, 0.15) is 0 Å². The second-order valence-corrected chi connectivity index (χ2v) is 11.0. The van der Waals surface area contributed by atoms with E-state index < -0.39 is 0 Å². The molecule has 0 atom stereocenters. The highest BCUT2D eigenvalue weighted by Crippen LogP contribution is 2.30. The lowest BCUT2D eigenvalue weighted by molar-refractivity contribution is 0.584. The molecule has 218 valence electrons. The van der Waals surface area contributed by atoms with Crippen LogP contribution in [-0.4, -0.2) is 25.4 Å². The summed E-state index contributed by atoms with van der Waals surface area (Å²) in [6.45, 7) is 0. The fourth-order valence-electron chi connectivity index (χ4n) is 5.49. The molecule has 6 nitrogen and oxygen atoms in total. The van der Waals surface area contributed by atoms with Gasteiger partial charge in [0.05, 0.1) is 0 Å². The van der Waals surface area contributed by atoms with Crippen molar-refractivity contribution in [3.8, 4) is 79.1 Å². The average molecular weight is 594 g/mol. The maximum absolute atomic E-state index is 6.03. The number of H-pyrrole nitrogens is 1. The number of hydrogen-bond donors (Lipinski definition) is 1. The van der Waals surface area contributed by atoms with Crippen LogP contribution in [0.3, 0.4) is 0 Å². The molecule has 0 saturated carbocycles. The Bertz CT molecular complexity index is 2040. The Morgan fingerprint density at radius 1 is 0.283 bits per heavy atom. The smallest absolute Gasteiger partial charge is 0.248 e. The van der Waals surface area contributed by atoms with Gasteiger partial charge in [-0.1, -0.05) is 133 Å². The van der Waals surface area contributed by atoms with Gasteiger partial charge in [0.25, 0.3) is 0 Å². The quantitative estimate of drug-likeness (QED) is 0.199. The Labute approximate surface area is 266 Å². The van der Waals surface area contributed by atoms with E-state index in [2.05, 4.69) is 122 Å². The van der Waals surface area contributed by atoms with E-state index in [9.17, 15) is 0 Å². The molecule has 0 saturated heterocycles. The van der Waals surface area contributed by atoms with E-state index >= 15 is 0 Å². The van der Waals surface area contributed by atoms with Gasteiger partial charge in [-0.15, -0.1) is 20.4 Å². The van der Waals surface area contributed by atoms with E-state index in [0.29, 0.717) is 11.8 Å². The van der Waals surface area contributed by atoms with Gasteiger partial charge < -0.3 is 9.40 Å². The summed E-state index contributed by atoms with van der Waals surface area (Å²) in [6, 6.07) is 53.5. The van der Waals surface area contributed by atoms with E-state index in [0.717, 1.165) is 50.6 Å². The predicted octanol–water partition coefficient (Wildman–Crippen LogP) is 9.86. The summed E-state index contributed by atoms with van der Waals surface area (Å²) >= 11 is 0. The molecular formula is C40H27N5O. The second kappa shape index (κ2) is 11.9. The molecule has 0 aliphatic carbocycles. The van der Waals surface area contributed by atoms with Crippen LogP contribution in [-0.2, 0) is 0 Å². The minimum absolute atomic E-state index is 0.486. The second-order valence-electron chi connectivity index (χ2n) is 11.0. The lowest BCUT2D eigenvalue weighted by Crippen LogP contribution is -1.84. The fraction of sp³-hybridized carbons (Fsp3) is 0. The van der Waals surface area contributed by atoms with Crippen molar-refractivity contribution in [1.29, 1.82) is 0 Å². The van der Waals surface area contributed by atoms with Gasteiger partial charge in [-0.25, -0.2) is 0 Å². The van der Waals surface area contributed by atoms with Gasteiger partial charge in [0.15, 0.2) is 11.6 Å². The fourth-order valence-corrected chi connectivity index (χ4v) is 5.49. The zero-order valence-electron chi connectivity index (χ0n) is 24.7. The Hall–Kier alpha value is -6.40. The van der Waals surface area contributed by atoms with E-state index in [1.165, 1.54) is 16.7 Å². The van der Waals surface area contributed by atoms with Crippen molar-refractivity contribution >= 4 is 0 Å². The number of rotatable bonds is 7. The highest BCUT2D eigenvalue weighted by atomic mass is 16.4. The van der Waals surface area contributed by atoms with Crippen LogP contribution in [0.15, 0.2) is 162 Å². The molecule has 46 heavy (non-hydrogen) atoms. The van der Waals surface area contributed by atoms with Gasteiger partial charge in [0, 0.05) is 22.3 Å². The third kappa shape index (κ3) is 5.51. The summed E-state index contributed by atoms with van der Waals surface area (Å²) in [6.07, 6.45) is 0. The van der Waals surface area contributed by atoms with Gasteiger partial charge >= 0.3 is 0 Å². The van der Waals surface area contributed by atoms with E-state index in [4.69, 9.17) is 4.42 Å². The van der Waals surface area contributed by atoms with Crippen molar-refractivity contribution in [2.24, 2.45) is 0 Å². The molecule has 0 spiro atoms. The summed E-state index contributed by atoms with van der Waals surface area (Å²) < 4.78 is 6.03. The SMILES string of the molecule is c1ccc(-c2ccc(-c3nnc(-c4ccc(-c5ccc(-c6nnc(-c7ccc(-c8ccccc8)cc7)o6)cc5)cc4)[nH]3)cc2)cc1. The third-order valence-electron chi connectivity index (χ3n) is 8.04. The normalized spacial score (nSPS) is 11.0. The Morgan fingerprint density at radius 3 is 0.913 bits per heavy atom. The van der Waals surface area contributed by atoms with Crippen molar-refractivity contribution < 1.29 is 4.42 Å². The summed E-state index contributed by atoms with van der Waals surface area (Å²) in [5.74, 6) is 2.45. The average Bonchev–Trinajstić information content (AvgIpc) is 3.84. The summed E-state index contributed by atoms with van der Waals surface area (Å²) in [7, 11) is 0. The van der Waals surface area contributed by atoms with Gasteiger partial charge in [-0.2, -0.15) is 0 Å². The minimum Gasteiger partial charge on any atom is -0.416 e. The van der Waals surface area contributed by atoms with Crippen LogP contribution >= 0.6 is 0 Å². The maximum Gasteiger partial charge on any atom is 0.248 e.